The first-order chi connectivity index (χ1) is 9.69. The number of rotatable bonds is 5. The Morgan fingerprint density at radius 2 is 2.15 bits per heavy atom. The molecule has 0 aromatic heterocycles. The van der Waals surface area contributed by atoms with Gasteiger partial charge in [0.25, 0.3) is 0 Å². The molecule has 0 heterocycles. The summed E-state index contributed by atoms with van der Waals surface area (Å²) < 4.78 is 11.2. The highest BCUT2D eigenvalue weighted by Crippen LogP contribution is 2.32. The van der Waals surface area contributed by atoms with Crippen molar-refractivity contribution >= 4 is 12.3 Å². The lowest BCUT2D eigenvalue weighted by atomic mass is 10.2. The zero-order valence-corrected chi connectivity index (χ0v) is 11.3. The van der Waals surface area contributed by atoms with Crippen molar-refractivity contribution in [1.82, 2.24) is 5.43 Å². The second kappa shape index (κ2) is 6.79. The Hall–Kier alpha value is -2.24. The lowest BCUT2D eigenvalue weighted by Gasteiger charge is -2.16. The number of nitrogens with one attached hydrogen (secondary N) is 1. The highest BCUT2D eigenvalue weighted by Gasteiger charge is 2.18. The van der Waals surface area contributed by atoms with E-state index in [-0.39, 0.29) is 6.10 Å². The molecule has 2 N–H and O–H groups in total. The van der Waals surface area contributed by atoms with Crippen LogP contribution in [0.25, 0.3) is 0 Å². The fourth-order valence-electron chi connectivity index (χ4n) is 2.21. The molecule has 6 heteroatoms. The van der Waals surface area contributed by atoms with Gasteiger partial charge in [-0.2, -0.15) is 5.10 Å². The number of hydrazone groups is 1. The molecule has 0 bridgehead atoms. The normalized spacial score (nSPS) is 15.4. The molecule has 0 atom stereocenters. The molecular formula is C14H18N2O4. The molecule has 2 rings (SSSR count). The van der Waals surface area contributed by atoms with Crippen molar-refractivity contribution in [3.63, 3.8) is 0 Å². The number of hydrogen-bond acceptors (Lipinski definition) is 4. The molecule has 1 amide bonds. The number of amides is 1. The average molecular weight is 278 g/mol. The van der Waals surface area contributed by atoms with Gasteiger partial charge in [0.1, 0.15) is 0 Å². The van der Waals surface area contributed by atoms with E-state index in [0.29, 0.717) is 11.5 Å². The summed E-state index contributed by atoms with van der Waals surface area (Å²) in [6, 6.07) is 5.37. The van der Waals surface area contributed by atoms with Crippen molar-refractivity contribution in [2.75, 3.05) is 7.11 Å². The summed E-state index contributed by atoms with van der Waals surface area (Å²) >= 11 is 0. The molecule has 20 heavy (non-hydrogen) atoms. The third kappa shape index (κ3) is 3.88. The summed E-state index contributed by atoms with van der Waals surface area (Å²) in [6.45, 7) is 0. The van der Waals surface area contributed by atoms with Crippen molar-refractivity contribution in [2.24, 2.45) is 5.10 Å². The van der Waals surface area contributed by atoms with Crippen molar-refractivity contribution in [1.29, 1.82) is 0 Å². The predicted molar refractivity (Wildman–Crippen MR) is 74.6 cm³/mol. The van der Waals surface area contributed by atoms with Gasteiger partial charge in [-0.1, -0.05) is 0 Å². The largest absolute Gasteiger partial charge is 0.493 e. The predicted octanol–water partition coefficient (Wildman–Crippen LogP) is 2.62. The Kier molecular flexibility index (Phi) is 4.81. The van der Waals surface area contributed by atoms with Crippen LogP contribution < -0.4 is 14.9 Å². The number of nitrogens with zero attached hydrogens (tertiary/aromatic N) is 1. The minimum absolute atomic E-state index is 0.230. The monoisotopic (exact) mass is 278 g/mol. The van der Waals surface area contributed by atoms with Gasteiger partial charge in [0.05, 0.1) is 19.4 Å². The van der Waals surface area contributed by atoms with Crippen molar-refractivity contribution in [2.45, 2.75) is 31.8 Å². The van der Waals surface area contributed by atoms with E-state index in [9.17, 15) is 4.79 Å². The lowest BCUT2D eigenvalue weighted by molar-refractivity contribution is 0.195. The smallest absolute Gasteiger partial charge is 0.425 e. The topological polar surface area (TPSA) is 80.2 Å². The van der Waals surface area contributed by atoms with Gasteiger partial charge in [-0.05, 0) is 49.4 Å². The standard InChI is InChI=1S/C14H18N2O4/c1-19-12-7-6-10(9-15-16-14(17)18)8-13(12)20-11-4-2-3-5-11/h6-9,11,16H,2-5H2,1H3,(H,17,18). The second-order valence-corrected chi connectivity index (χ2v) is 4.61. The molecule has 1 aliphatic carbocycles. The van der Waals surface area contributed by atoms with E-state index in [2.05, 4.69) is 5.10 Å². The second-order valence-electron chi connectivity index (χ2n) is 4.61. The van der Waals surface area contributed by atoms with Crippen LogP contribution in [-0.2, 0) is 0 Å². The van der Waals surface area contributed by atoms with E-state index in [1.807, 2.05) is 5.43 Å². The molecule has 0 radical (unpaired) electrons. The van der Waals surface area contributed by atoms with Crippen LogP contribution >= 0.6 is 0 Å². The first-order valence-electron chi connectivity index (χ1n) is 6.55. The van der Waals surface area contributed by atoms with Gasteiger partial charge in [0, 0.05) is 0 Å². The molecule has 1 aromatic rings. The van der Waals surface area contributed by atoms with E-state index < -0.39 is 6.09 Å². The van der Waals surface area contributed by atoms with E-state index in [1.165, 1.54) is 19.1 Å². The van der Waals surface area contributed by atoms with E-state index in [0.717, 1.165) is 18.4 Å². The molecule has 0 saturated heterocycles. The van der Waals surface area contributed by atoms with Crippen LogP contribution in [0.2, 0.25) is 0 Å². The third-order valence-electron chi connectivity index (χ3n) is 3.16. The summed E-state index contributed by atoms with van der Waals surface area (Å²) in [4.78, 5) is 10.3. The van der Waals surface area contributed by atoms with Gasteiger partial charge in [-0.3, -0.25) is 0 Å². The summed E-state index contributed by atoms with van der Waals surface area (Å²) in [5.74, 6) is 1.33. The van der Waals surface area contributed by atoms with Crippen LogP contribution in [0.15, 0.2) is 23.3 Å². The molecule has 0 aliphatic heterocycles. The molecule has 1 saturated carbocycles. The van der Waals surface area contributed by atoms with Gasteiger partial charge in [0.15, 0.2) is 11.5 Å². The highest BCUT2D eigenvalue weighted by atomic mass is 16.5. The van der Waals surface area contributed by atoms with Gasteiger partial charge < -0.3 is 14.6 Å². The number of carbonyl (C=O) groups is 1. The fraction of sp³-hybridized carbons (Fsp3) is 0.429. The first kappa shape index (κ1) is 14.2. The number of benzene rings is 1. The van der Waals surface area contributed by atoms with Crippen LogP contribution in [0, 0.1) is 0 Å². The van der Waals surface area contributed by atoms with Crippen LogP contribution in [0.4, 0.5) is 4.79 Å². The molecular weight excluding hydrogens is 260 g/mol. The summed E-state index contributed by atoms with van der Waals surface area (Å²) in [5.41, 5.74) is 2.67. The maximum absolute atomic E-state index is 10.3. The van der Waals surface area contributed by atoms with Crippen molar-refractivity contribution < 1.29 is 19.4 Å². The fourth-order valence-corrected chi connectivity index (χ4v) is 2.21. The molecule has 108 valence electrons. The Morgan fingerprint density at radius 3 is 2.80 bits per heavy atom. The average Bonchev–Trinajstić information content (AvgIpc) is 2.91. The van der Waals surface area contributed by atoms with Gasteiger partial charge in [-0.25, -0.2) is 10.2 Å². The maximum atomic E-state index is 10.3. The van der Waals surface area contributed by atoms with Crippen molar-refractivity contribution in [3.8, 4) is 11.5 Å². The number of methoxy groups -OCH3 is 1. The van der Waals surface area contributed by atoms with Crippen LogP contribution in [-0.4, -0.2) is 30.6 Å². The Morgan fingerprint density at radius 1 is 1.40 bits per heavy atom. The highest BCUT2D eigenvalue weighted by molar-refractivity contribution is 5.81. The number of ether oxygens (including phenoxy) is 2. The van der Waals surface area contributed by atoms with E-state index >= 15 is 0 Å². The van der Waals surface area contributed by atoms with Crippen molar-refractivity contribution in [3.05, 3.63) is 23.8 Å². The molecule has 6 nitrogen and oxygen atoms in total. The van der Waals surface area contributed by atoms with Gasteiger partial charge >= 0.3 is 6.09 Å². The molecule has 1 fully saturated rings. The Labute approximate surface area is 117 Å². The summed E-state index contributed by atoms with van der Waals surface area (Å²) in [6.07, 6.45) is 4.96. The Balaban J connectivity index is 2.10. The molecule has 1 aromatic carbocycles. The van der Waals surface area contributed by atoms with Gasteiger partial charge in [-0.15, -0.1) is 0 Å². The van der Waals surface area contributed by atoms with Crippen LogP contribution in [0.1, 0.15) is 31.2 Å². The van der Waals surface area contributed by atoms with Gasteiger partial charge in [0.2, 0.25) is 0 Å². The van der Waals surface area contributed by atoms with E-state index in [4.69, 9.17) is 14.6 Å². The number of carboxylic acid groups (broad SMARTS) is 1. The third-order valence-corrected chi connectivity index (χ3v) is 3.16. The maximum Gasteiger partial charge on any atom is 0.425 e. The van der Waals surface area contributed by atoms with E-state index in [1.54, 1.807) is 25.3 Å². The zero-order valence-electron chi connectivity index (χ0n) is 11.3. The SMILES string of the molecule is COc1ccc(C=NNC(=O)O)cc1OC1CCCC1. The molecule has 0 unspecified atom stereocenters. The zero-order chi connectivity index (χ0) is 14.4. The minimum Gasteiger partial charge on any atom is -0.493 e. The quantitative estimate of drug-likeness (QED) is 0.641. The number of hydrogen-bond donors (Lipinski definition) is 2. The lowest BCUT2D eigenvalue weighted by Crippen LogP contribution is -2.14. The molecule has 0 spiro atoms. The van der Waals surface area contributed by atoms with Crippen LogP contribution in [0.3, 0.4) is 0 Å². The van der Waals surface area contributed by atoms with Crippen LogP contribution in [0.5, 0.6) is 11.5 Å². The summed E-state index contributed by atoms with van der Waals surface area (Å²) in [7, 11) is 1.59. The first-order valence-corrected chi connectivity index (χ1v) is 6.55. The minimum atomic E-state index is -1.20. The summed E-state index contributed by atoms with van der Waals surface area (Å²) in [5, 5.41) is 12.0. The Bertz CT molecular complexity index is 496. The molecule has 1 aliphatic rings.